The van der Waals surface area contributed by atoms with Crippen LogP contribution in [-0.2, 0) is 11.8 Å². The minimum atomic E-state index is 0.0327. The van der Waals surface area contributed by atoms with Gasteiger partial charge in [-0.1, -0.05) is 13.8 Å². The zero-order valence-corrected chi connectivity index (χ0v) is 14.9. The Morgan fingerprint density at radius 1 is 1.33 bits per heavy atom. The highest BCUT2D eigenvalue weighted by molar-refractivity contribution is 5.78. The summed E-state index contributed by atoms with van der Waals surface area (Å²) in [7, 11) is 1.96. The smallest absolute Gasteiger partial charge is 0.225 e. The lowest BCUT2D eigenvalue weighted by Crippen LogP contribution is -2.41. The Balaban J connectivity index is 1.88. The van der Waals surface area contributed by atoms with Crippen molar-refractivity contribution in [1.82, 2.24) is 24.4 Å². The molecular weight excluding hydrogens is 302 g/mol. The van der Waals surface area contributed by atoms with E-state index in [0.717, 1.165) is 42.4 Å². The molecule has 1 unspecified atom stereocenters. The van der Waals surface area contributed by atoms with E-state index in [-0.39, 0.29) is 17.7 Å². The highest BCUT2D eigenvalue weighted by Gasteiger charge is 2.28. The Morgan fingerprint density at radius 3 is 2.79 bits per heavy atom. The van der Waals surface area contributed by atoms with E-state index in [1.165, 1.54) is 0 Å². The first-order valence-corrected chi connectivity index (χ1v) is 8.57. The van der Waals surface area contributed by atoms with Crippen LogP contribution in [-0.4, -0.2) is 43.4 Å². The number of amides is 1. The maximum absolute atomic E-state index is 12.3. The number of likely N-dealkylation sites (tertiary alicyclic amines) is 1. The van der Waals surface area contributed by atoms with Gasteiger partial charge in [-0.15, -0.1) is 0 Å². The molecule has 2 aromatic heterocycles. The topological polar surface area (TPSA) is 63.9 Å². The van der Waals surface area contributed by atoms with Gasteiger partial charge in [-0.05, 0) is 25.8 Å². The molecule has 0 radical (unpaired) electrons. The Hall–Kier alpha value is -2.24. The van der Waals surface area contributed by atoms with Gasteiger partial charge in [0.1, 0.15) is 11.5 Å². The van der Waals surface area contributed by atoms with E-state index in [0.29, 0.717) is 6.54 Å². The fraction of sp³-hybridized carbons (Fsp3) is 0.556. The van der Waals surface area contributed by atoms with Gasteiger partial charge in [-0.2, -0.15) is 0 Å². The zero-order chi connectivity index (χ0) is 17.3. The average molecular weight is 327 g/mol. The molecule has 1 aliphatic heterocycles. The van der Waals surface area contributed by atoms with Crippen LogP contribution in [0.4, 0.5) is 0 Å². The number of carbonyl (C=O) groups excluding carboxylic acids is 1. The molecule has 3 heterocycles. The van der Waals surface area contributed by atoms with Crippen LogP contribution in [0.25, 0.3) is 11.5 Å². The van der Waals surface area contributed by atoms with Crippen LogP contribution in [0, 0.1) is 12.8 Å². The number of piperidine rings is 1. The summed E-state index contributed by atoms with van der Waals surface area (Å²) in [6.45, 7) is 7.44. The Labute approximate surface area is 142 Å². The molecule has 24 heavy (non-hydrogen) atoms. The molecule has 0 aliphatic carbocycles. The minimum absolute atomic E-state index is 0.0327. The number of rotatable bonds is 3. The third-order valence-electron chi connectivity index (χ3n) is 4.51. The van der Waals surface area contributed by atoms with Gasteiger partial charge in [0, 0.05) is 50.1 Å². The van der Waals surface area contributed by atoms with E-state index in [1.807, 2.05) is 49.5 Å². The summed E-state index contributed by atoms with van der Waals surface area (Å²) in [5.41, 5.74) is 1.78. The van der Waals surface area contributed by atoms with Crippen molar-refractivity contribution < 1.29 is 4.79 Å². The molecule has 2 aromatic rings. The van der Waals surface area contributed by atoms with Crippen molar-refractivity contribution in [3.8, 4) is 11.5 Å². The van der Waals surface area contributed by atoms with Crippen LogP contribution in [0.5, 0.6) is 0 Å². The first-order valence-electron chi connectivity index (χ1n) is 8.57. The molecule has 1 amide bonds. The van der Waals surface area contributed by atoms with Crippen molar-refractivity contribution in [2.75, 3.05) is 13.1 Å². The molecule has 1 saturated heterocycles. The number of carbonyl (C=O) groups is 1. The van der Waals surface area contributed by atoms with Crippen molar-refractivity contribution in [3.05, 3.63) is 30.0 Å². The Bertz CT molecular complexity index is 737. The predicted octanol–water partition coefficient (Wildman–Crippen LogP) is 2.55. The SMILES string of the molecule is Cc1cc(-c2nccn2C)nc(C2CCCN(C(=O)C(C)C)C2)n1. The maximum Gasteiger partial charge on any atom is 0.225 e. The van der Waals surface area contributed by atoms with E-state index >= 15 is 0 Å². The van der Waals surface area contributed by atoms with Gasteiger partial charge in [0.05, 0.1) is 0 Å². The summed E-state index contributed by atoms with van der Waals surface area (Å²) in [5, 5.41) is 0. The van der Waals surface area contributed by atoms with Gasteiger partial charge in [-0.25, -0.2) is 15.0 Å². The minimum Gasteiger partial charge on any atom is -0.342 e. The van der Waals surface area contributed by atoms with Gasteiger partial charge in [-0.3, -0.25) is 4.79 Å². The standard InChI is InChI=1S/C18H25N5O/c1-12(2)18(24)23-8-5-6-14(11-23)16-20-13(3)10-15(21-16)17-19-7-9-22(17)4/h7,9-10,12,14H,5-6,8,11H2,1-4H3. The van der Waals surface area contributed by atoms with Gasteiger partial charge in [0.25, 0.3) is 0 Å². The lowest BCUT2D eigenvalue weighted by Gasteiger charge is -2.33. The quantitative estimate of drug-likeness (QED) is 0.869. The molecule has 3 rings (SSSR count). The van der Waals surface area contributed by atoms with Crippen LogP contribution in [0.15, 0.2) is 18.5 Å². The van der Waals surface area contributed by atoms with E-state index < -0.39 is 0 Å². The normalized spacial score (nSPS) is 18.2. The number of hydrogen-bond donors (Lipinski definition) is 0. The summed E-state index contributed by atoms with van der Waals surface area (Å²) in [4.78, 5) is 28.1. The molecule has 128 valence electrons. The van der Waals surface area contributed by atoms with Crippen molar-refractivity contribution in [2.45, 2.75) is 39.5 Å². The van der Waals surface area contributed by atoms with E-state index in [9.17, 15) is 4.79 Å². The fourth-order valence-electron chi connectivity index (χ4n) is 3.25. The van der Waals surface area contributed by atoms with Crippen molar-refractivity contribution in [3.63, 3.8) is 0 Å². The second-order valence-electron chi connectivity index (χ2n) is 6.89. The predicted molar refractivity (Wildman–Crippen MR) is 92.4 cm³/mol. The summed E-state index contributed by atoms with van der Waals surface area (Å²) < 4.78 is 1.96. The largest absolute Gasteiger partial charge is 0.342 e. The molecular formula is C18H25N5O. The fourth-order valence-corrected chi connectivity index (χ4v) is 3.25. The van der Waals surface area contributed by atoms with E-state index in [4.69, 9.17) is 4.98 Å². The third kappa shape index (κ3) is 3.32. The lowest BCUT2D eigenvalue weighted by molar-refractivity contribution is -0.135. The molecule has 0 saturated carbocycles. The summed E-state index contributed by atoms with van der Waals surface area (Å²) in [6, 6.07) is 1.96. The number of hydrogen-bond acceptors (Lipinski definition) is 4. The van der Waals surface area contributed by atoms with Gasteiger partial charge < -0.3 is 9.47 Å². The maximum atomic E-state index is 12.3. The molecule has 0 aromatic carbocycles. The number of aromatic nitrogens is 4. The second kappa shape index (κ2) is 6.71. The third-order valence-corrected chi connectivity index (χ3v) is 4.51. The van der Waals surface area contributed by atoms with Crippen LogP contribution < -0.4 is 0 Å². The van der Waals surface area contributed by atoms with Crippen LogP contribution in [0.3, 0.4) is 0 Å². The highest BCUT2D eigenvalue weighted by atomic mass is 16.2. The van der Waals surface area contributed by atoms with E-state index in [2.05, 4.69) is 9.97 Å². The molecule has 1 aliphatic rings. The summed E-state index contributed by atoms with van der Waals surface area (Å²) >= 11 is 0. The monoisotopic (exact) mass is 327 g/mol. The molecule has 0 spiro atoms. The van der Waals surface area contributed by atoms with Gasteiger partial charge in [0.2, 0.25) is 5.91 Å². The van der Waals surface area contributed by atoms with Crippen molar-refractivity contribution in [1.29, 1.82) is 0 Å². The highest BCUT2D eigenvalue weighted by Crippen LogP contribution is 2.27. The zero-order valence-electron chi connectivity index (χ0n) is 14.9. The van der Waals surface area contributed by atoms with Crippen molar-refractivity contribution in [2.24, 2.45) is 13.0 Å². The van der Waals surface area contributed by atoms with Crippen LogP contribution in [0.2, 0.25) is 0 Å². The lowest BCUT2D eigenvalue weighted by atomic mass is 9.96. The summed E-state index contributed by atoms with van der Waals surface area (Å²) in [5.74, 6) is 2.12. The number of imidazole rings is 1. The Kier molecular flexibility index (Phi) is 4.64. The molecule has 6 heteroatoms. The molecule has 1 fully saturated rings. The van der Waals surface area contributed by atoms with Gasteiger partial charge >= 0.3 is 0 Å². The first kappa shape index (κ1) is 16.6. The summed E-state index contributed by atoms with van der Waals surface area (Å²) in [6.07, 6.45) is 5.70. The second-order valence-corrected chi connectivity index (χ2v) is 6.89. The molecule has 0 bridgehead atoms. The van der Waals surface area contributed by atoms with Gasteiger partial charge in [0.15, 0.2) is 5.82 Å². The van der Waals surface area contributed by atoms with Crippen molar-refractivity contribution >= 4 is 5.91 Å². The molecule has 0 N–H and O–H groups in total. The van der Waals surface area contributed by atoms with E-state index in [1.54, 1.807) is 6.20 Å². The molecule has 1 atom stereocenters. The average Bonchev–Trinajstić information content (AvgIpc) is 2.99. The Morgan fingerprint density at radius 2 is 2.12 bits per heavy atom. The molecule has 6 nitrogen and oxygen atoms in total. The number of aryl methyl sites for hydroxylation is 2. The van der Waals surface area contributed by atoms with Crippen LogP contribution >= 0.6 is 0 Å². The van der Waals surface area contributed by atoms with Crippen LogP contribution in [0.1, 0.15) is 44.1 Å². The first-order chi connectivity index (χ1) is 11.5. The number of nitrogens with zero attached hydrogens (tertiary/aromatic N) is 5.